The molecule has 0 aliphatic rings. The molecule has 0 saturated carbocycles. The number of rotatable bonds is 8. The maximum Gasteiger partial charge on any atom is 0.147 e. The molecule has 6 heteroatoms. The summed E-state index contributed by atoms with van der Waals surface area (Å²) in [5.41, 5.74) is 5.59. The number of anilines is 1. The second kappa shape index (κ2) is 7.31. The molecule has 0 fully saturated rings. The topological polar surface area (TPSA) is 60.0 Å². The number of thiocarbonyl (C=S) groups is 1. The van der Waals surface area contributed by atoms with E-state index in [9.17, 15) is 0 Å². The first-order chi connectivity index (χ1) is 8.54. The Morgan fingerprint density at radius 1 is 1.56 bits per heavy atom. The van der Waals surface area contributed by atoms with Gasteiger partial charge in [-0.2, -0.15) is 0 Å². The number of nitrogens with zero attached hydrogens (tertiary/aromatic N) is 4. The fourth-order valence-corrected chi connectivity index (χ4v) is 1.94. The van der Waals surface area contributed by atoms with Crippen LogP contribution in [-0.4, -0.2) is 33.1 Å². The Morgan fingerprint density at radius 2 is 2.28 bits per heavy atom. The Balaban J connectivity index is 2.79. The molecule has 0 radical (unpaired) electrons. The first-order valence-corrected chi connectivity index (χ1v) is 6.87. The van der Waals surface area contributed by atoms with Crippen LogP contribution < -0.4 is 10.6 Å². The predicted molar refractivity (Wildman–Crippen MR) is 78.8 cm³/mol. The lowest BCUT2D eigenvalue weighted by molar-refractivity contribution is 0.548. The van der Waals surface area contributed by atoms with Crippen molar-refractivity contribution in [2.75, 3.05) is 18.0 Å². The Labute approximate surface area is 114 Å². The minimum Gasteiger partial charge on any atom is -0.393 e. The van der Waals surface area contributed by atoms with Gasteiger partial charge in [0.25, 0.3) is 0 Å². The minimum atomic E-state index is 0.554. The Hall–Kier alpha value is -1.17. The average Bonchev–Trinajstić information content (AvgIpc) is 2.72. The third kappa shape index (κ3) is 4.60. The zero-order valence-corrected chi connectivity index (χ0v) is 12.3. The van der Waals surface area contributed by atoms with E-state index in [4.69, 9.17) is 18.0 Å². The average molecular weight is 269 g/mol. The number of aryl methyl sites for hydroxylation is 1. The molecule has 0 bridgehead atoms. The molecule has 1 aromatic heterocycles. The Morgan fingerprint density at radius 3 is 2.83 bits per heavy atom. The van der Waals surface area contributed by atoms with Crippen molar-refractivity contribution in [1.29, 1.82) is 0 Å². The highest BCUT2D eigenvalue weighted by Gasteiger charge is 2.14. The lowest BCUT2D eigenvalue weighted by atomic mass is 10.2. The van der Waals surface area contributed by atoms with Gasteiger partial charge in [0.2, 0.25) is 0 Å². The van der Waals surface area contributed by atoms with Gasteiger partial charge in [0, 0.05) is 26.1 Å². The number of nitrogens with two attached hydrogens (primary N) is 1. The van der Waals surface area contributed by atoms with Crippen molar-refractivity contribution in [3.63, 3.8) is 0 Å². The summed E-state index contributed by atoms with van der Waals surface area (Å²) in [7, 11) is 0. The van der Waals surface area contributed by atoms with Crippen LogP contribution in [0.2, 0.25) is 0 Å². The lowest BCUT2D eigenvalue weighted by Gasteiger charge is -2.26. The Bertz CT molecular complexity index is 374. The van der Waals surface area contributed by atoms with Crippen LogP contribution in [0.5, 0.6) is 0 Å². The summed E-state index contributed by atoms with van der Waals surface area (Å²) in [6, 6.07) is 0. The highest BCUT2D eigenvalue weighted by molar-refractivity contribution is 7.80. The molecule has 0 aromatic carbocycles. The van der Waals surface area contributed by atoms with Crippen molar-refractivity contribution < 1.29 is 0 Å². The fraction of sp³-hybridized carbons (Fsp3) is 0.750. The quantitative estimate of drug-likeness (QED) is 0.730. The van der Waals surface area contributed by atoms with E-state index in [0.29, 0.717) is 10.9 Å². The van der Waals surface area contributed by atoms with E-state index in [2.05, 4.69) is 36.0 Å². The molecule has 18 heavy (non-hydrogen) atoms. The molecule has 1 rings (SSSR count). The molecule has 0 spiro atoms. The van der Waals surface area contributed by atoms with Gasteiger partial charge in [-0.3, -0.25) is 0 Å². The molecule has 2 N–H and O–H groups in total. The van der Waals surface area contributed by atoms with Crippen LogP contribution >= 0.6 is 12.2 Å². The summed E-state index contributed by atoms with van der Waals surface area (Å²) in [5.74, 6) is 1.63. The van der Waals surface area contributed by atoms with Crippen LogP contribution in [-0.2, 0) is 6.54 Å². The van der Waals surface area contributed by atoms with Crippen LogP contribution in [0.15, 0.2) is 6.20 Å². The molecule has 0 atom stereocenters. The van der Waals surface area contributed by atoms with Gasteiger partial charge in [-0.05, 0) is 12.3 Å². The summed E-state index contributed by atoms with van der Waals surface area (Å²) in [6.07, 6.45) is 3.58. The SMILES string of the molecule is CCCn1nncc1N(CCC(N)=S)CC(C)C. The number of hydrogen-bond donors (Lipinski definition) is 1. The van der Waals surface area contributed by atoms with Crippen LogP contribution in [0.3, 0.4) is 0 Å². The number of hydrogen-bond acceptors (Lipinski definition) is 4. The minimum absolute atomic E-state index is 0.554. The molecule has 0 saturated heterocycles. The van der Waals surface area contributed by atoms with Crippen LogP contribution in [0.25, 0.3) is 0 Å². The van der Waals surface area contributed by atoms with Gasteiger partial charge in [0.05, 0.1) is 11.2 Å². The van der Waals surface area contributed by atoms with E-state index in [1.165, 1.54) is 0 Å². The highest BCUT2D eigenvalue weighted by atomic mass is 32.1. The highest BCUT2D eigenvalue weighted by Crippen LogP contribution is 2.15. The van der Waals surface area contributed by atoms with E-state index < -0.39 is 0 Å². The number of aromatic nitrogens is 3. The van der Waals surface area contributed by atoms with Crippen molar-refractivity contribution in [2.45, 2.75) is 40.2 Å². The second-order valence-corrected chi connectivity index (χ2v) is 5.40. The van der Waals surface area contributed by atoms with E-state index >= 15 is 0 Å². The summed E-state index contributed by atoms with van der Waals surface area (Å²) in [5, 5.41) is 8.13. The predicted octanol–water partition coefficient (Wildman–Crippen LogP) is 1.83. The van der Waals surface area contributed by atoms with Gasteiger partial charge in [0.1, 0.15) is 5.82 Å². The van der Waals surface area contributed by atoms with E-state index in [1.807, 2.05) is 10.9 Å². The first kappa shape index (κ1) is 14.9. The van der Waals surface area contributed by atoms with E-state index in [-0.39, 0.29) is 0 Å². The smallest absolute Gasteiger partial charge is 0.147 e. The van der Waals surface area contributed by atoms with Crippen molar-refractivity contribution in [3.05, 3.63) is 6.20 Å². The van der Waals surface area contributed by atoms with Crippen molar-refractivity contribution >= 4 is 23.0 Å². The summed E-state index contributed by atoms with van der Waals surface area (Å²) in [6.45, 7) is 9.19. The van der Waals surface area contributed by atoms with Gasteiger partial charge in [-0.25, -0.2) is 4.68 Å². The van der Waals surface area contributed by atoms with Crippen molar-refractivity contribution in [1.82, 2.24) is 15.0 Å². The molecular weight excluding hydrogens is 246 g/mol. The molecular formula is C12H23N5S. The van der Waals surface area contributed by atoms with E-state index in [0.717, 1.165) is 38.3 Å². The Kier molecular flexibility index (Phi) is 6.04. The van der Waals surface area contributed by atoms with Gasteiger partial charge in [-0.15, -0.1) is 5.10 Å². The molecule has 1 heterocycles. The maximum absolute atomic E-state index is 5.59. The molecule has 0 aliphatic carbocycles. The zero-order valence-electron chi connectivity index (χ0n) is 11.5. The lowest BCUT2D eigenvalue weighted by Crippen LogP contribution is -2.32. The van der Waals surface area contributed by atoms with Crippen LogP contribution in [0.1, 0.15) is 33.6 Å². The van der Waals surface area contributed by atoms with Gasteiger partial charge in [-0.1, -0.05) is 38.2 Å². The summed E-state index contributed by atoms with van der Waals surface area (Å²) < 4.78 is 1.95. The molecule has 102 valence electrons. The fourth-order valence-electron chi connectivity index (χ4n) is 1.85. The molecule has 1 aromatic rings. The van der Waals surface area contributed by atoms with Gasteiger partial charge < -0.3 is 10.6 Å². The monoisotopic (exact) mass is 269 g/mol. The summed E-state index contributed by atoms with van der Waals surface area (Å²) >= 11 is 4.95. The summed E-state index contributed by atoms with van der Waals surface area (Å²) in [4.78, 5) is 2.82. The van der Waals surface area contributed by atoms with Gasteiger partial charge >= 0.3 is 0 Å². The van der Waals surface area contributed by atoms with Crippen molar-refractivity contribution in [3.8, 4) is 0 Å². The molecule has 5 nitrogen and oxygen atoms in total. The molecule has 0 aliphatic heterocycles. The largest absolute Gasteiger partial charge is 0.393 e. The van der Waals surface area contributed by atoms with Crippen molar-refractivity contribution in [2.24, 2.45) is 11.7 Å². The first-order valence-electron chi connectivity index (χ1n) is 6.46. The third-order valence-corrected chi connectivity index (χ3v) is 2.77. The molecule has 0 amide bonds. The molecule has 0 unspecified atom stereocenters. The zero-order chi connectivity index (χ0) is 13.5. The van der Waals surface area contributed by atoms with Gasteiger partial charge in [0.15, 0.2) is 0 Å². The van der Waals surface area contributed by atoms with E-state index in [1.54, 1.807) is 0 Å². The van der Waals surface area contributed by atoms with Crippen LogP contribution in [0, 0.1) is 5.92 Å². The maximum atomic E-state index is 5.59. The normalized spacial score (nSPS) is 10.9. The third-order valence-electron chi connectivity index (χ3n) is 2.57. The van der Waals surface area contributed by atoms with Crippen LogP contribution in [0.4, 0.5) is 5.82 Å². The standard InChI is InChI=1S/C12H23N5S/c1-4-6-17-12(8-14-15-17)16(9-10(2)3)7-5-11(13)18/h8,10H,4-7,9H2,1-3H3,(H2,13,18). The second-order valence-electron chi connectivity index (χ2n) is 4.87.